The van der Waals surface area contributed by atoms with Crippen LogP contribution in [0.1, 0.15) is 37.9 Å². The van der Waals surface area contributed by atoms with Crippen molar-refractivity contribution in [2.24, 2.45) is 11.5 Å². The number of amides is 1. The minimum Gasteiger partial charge on any atom is -0.490 e. The normalized spacial score (nSPS) is 11.2. The molecule has 0 fully saturated rings. The first-order chi connectivity index (χ1) is 15.7. The van der Waals surface area contributed by atoms with E-state index in [9.17, 15) is 9.59 Å². The number of hydrogen-bond donors (Lipinski definition) is 4. The van der Waals surface area contributed by atoms with Gasteiger partial charge in [-0.3, -0.25) is 15.0 Å². The van der Waals surface area contributed by atoms with E-state index in [0.717, 1.165) is 0 Å². The fourth-order valence-corrected chi connectivity index (χ4v) is 3.00. The second-order valence-corrected chi connectivity index (χ2v) is 6.95. The Morgan fingerprint density at radius 2 is 1.58 bits per heavy atom. The molecule has 0 heterocycles. The lowest BCUT2D eigenvalue weighted by Gasteiger charge is -2.24. The molecule has 0 bridgehead atoms. The van der Waals surface area contributed by atoms with Crippen LogP contribution in [0.4, 0.5) is 5.69 Å². The van der Waals surface area contributed by atoms with Crippen molar-refractivity contribution in [3.63, 3.8) is 0 Å². The molecule has 1 amide bonds. The van der Waals surface area contributed by atoms with Crippen molar-refractivity contribution >= 4 is 23.4 Å². The third-order valence-corrected chi connectivity index (χ3v) is 4.41. The van der Waals surface area contributed by atoms with Gasteiger partial charge >= 0.3 is 5.97 Å². The van der Waals surface area contributed by atoms with Gasteiger partial charge in [0.15, 0.2) is 18.1 Å². The molecule has 33 heavy (non-hydrogen) atoms. The predicted molar refractivity (Wildman–Crippen MR) is 124 cm³/mol. The highest BCUT2D eigenvalue weighted by atomic mass is 16.5. The van der Waals surface area contributed by atoms with Crippen LogP contribution in [0.5, 0.6) is 17.2 Å². The number of benzene rings is 2. The molecular formula is C23H30N4O6. The van der Waals surface area contributed by atoms with E-state index in [1.807, 2.05) is 13.8 Å². The van der Waals surface area contributed by atoms with Gasteiger partial charge in [0.2, 0.25) is 0 Å². The van der Waals surface area contributed by atoms with Crippen LogP contribution in [0.3, 0.4) is 0 Å². The summed E-state index contributed by atoms with van der Waals surface area (Å²) in [4.78, 5) is 22.9. The fourth-order valence-electron chi connectivity index (χ4n) is 3.00. The van der Waals surface area contributed by atoms with Crippen LogP contribution in [-0.2, 0) is 14.3 Å². The quantitative estimate of drug-likeness (QED) is 0.202. The average Bonchev–Trinajstić information content (AvgIpc) is 2.77. The van der Waals surface area contributed by atoms with Crippen molar-refractivity contribution in [2.75, 3.05) is 31.7 Å². The first-order valence-electron chi connectivity index (χ1n) is 10.4. The molecular weight excluding hydrogens is 428 g/mol. The van der Waals surface area contributed by atoms with Gasteiger partial charge in [0.05, 0.1) is 19.3 Å². The summed E-state index contributed by atoms with van der Waals surface area (Å²) in [7, 11) is 0. The maximum Gasteiger partial charge on any atom is 0.302 e. The number of carbonyl (C=O) groups is 2. The topological polar surface area (TPSA) is 159 Å². The van der Waals surface area contributed by atoms with Gasteiger partial charge < -0.3 is 35.7 Å². The number of primary amides is 1. The van der Waals surface area contributed by atoms with Crippen molar-refractivity contribution in [3.05, 3.63) is 47.5 Å². The van der Waals surface area contributed by atoms with Crippen molar-refractivity contribution < 1.29 is 28.5 Å². The number of nitrogen functional groups attached to an aromatic ring is 1. The third kappa shape index (κ3) is 7.60. The Morgan fingerprint density at radius 1 is 0.970 bits per heavy atom. The number of carbonyl (C=O) groups excluding carboxylic acids is 2. The Morgan fingerprint density at radius 3 is 2.09 bits per heavy atom. The van der Waals surface area contributed by atoms with E-state index in [1.54, 1.807) is 36.4 Å². The average molecular weight is 459 g/mol. The van der Waals surface area contributed by atoms with Gasteiger partial charge in [-0.15, -0.1) is 0 Å². The summed E-state index contributed by atoms with van der Waals surface area (Å²) < 4.78 is 22.3. The zero-order valence-electron chi connectivity index (χ0n) is 19.0. The van der Waals surface area contributed by atoms with Gasteiger partial charge in [-0.05, 0) is 44.2 Å². The Hall–Kier alpha value is -3.95. The molecule has 10 heteroatoms. The lowest BCUT2D eigenvalue weighted by molar-refractivity contribution is -0.141. The SMILES string of the molecule is CCOc1cc(OCC(N)=O)c(C(COC(C)=O)Nc2ccc(C(=N)N)cc2)cc1OCC. The van der Waals surface area contributed by atoms with E-state index >= 15 is 0 Å². The Labute approximate surface area is 192 Å². The molecule has 0 radical (unpaired) electrons. The van der Waals surface area contributed by atoms with E-state index < -0.39 is 17.9 Å². The number of esters is 1. The highest BCUT2D eigenvalue weighted by Crippen LogP contribution is 2.39. The summed E-state index contributed by atoms with van der Waals surface area (Å²) in [6, 6.07) is 9.65. The summed E-state index contributed by atoms with van der Waals surface area (Å²) >= 11 is 0. The molecule has 2 aromatic carbocycles. The smallest absolute Gasteiger partial charge is 0.302 e. The van der Waals surface area contributed by atoms with Crippen LogP contribution in [0.2, 0.25) is 0 Å². The first-order valence-corrected chi connectivity index (χ1v) is 10.4. The van der Waals surface area contributed by atoms with Crippen LogP contribution >= 0.6 is 0 Å². The van der Waals surface area contributed by atoms with Crippen molar-refractivity contribution in [3.8, 4) is 17.2 Å². The van der Waals surface area contributed by atoms with Crippen molar-refractivity contribution in [1.29, 1.82) is 5.41 Å². The van der Waals surface area contributed by atoms with Crippen LogP contribution in [-0.4, -0.2) is 44.1 Å². The number of ether oxygens (including phenoxy) is 4. The Kier molecular flexibility index (Phi) is 9.34. The molecule has 1 atom stereocenters. The molecule has 2 aromatic rings. The lowest BCUT2D eigenvalue weighted by atomic mass is 10.0. The second kappa shape index (κ2) is 12.2. The van der Waals surface area contributed by atoms with Gasteiger partial charge in [0.25, 0.3) is 5.91 Å². The van der Waals surface area contributed by atoms with Crippen molar-refractivity contribution in [1.82, 2.24) is 0 Å². The van der Waals surface area contributed by atoms with Crippen molar-refractivity contribution in [2.45, 2.75) is 26.8 Å². The molecule has 0 aliphatic heterocycles. The van der Waals surface area contributed by atoms with Crippen LogP contribution < -0.4 is 31.0 Å². The Balaban J connectivity index is 2.51. The van der Waals surface area contributed by atoms with E-state index in [2.05, 4.69) is 5.32 Å². The molecule has 0 aliphatic rings. The number of hydrogen-bond acceptors (Lipinski definition) is 8. The summed E-state index contributed by atoms with van der Waals surface area (Å²) in [6.07, 6.45) is 0. The van der Waals surface area contributed by atoms with E-state index in [1.165, 1.54) is 6.92 Å². The third-order valence-electron chi connectivity index (χ3n) is 4.41. The highest BCUT2D eigenvalue weighted by molar-refractivity contribution is 5.95. The highest BCUT2D eigenvalue weighted by Gasteiger charge is 2.23. The minimum absolute atomic E-state index is 0.0315. The molecule has 0 saturated carbocycles. The minimum atomic E-state index is -0.642. The lowest BCUT2D eigenvalue weighted by Crippen LogP contribution is -2.23. The molecule has 10 nitrogen and oxygen atoms in total. The van der Waals surface area contributed by atoms with Gasteiger partial charge in [-0.2, -0.15) is 0 Å². The van der Waals surface area contributed by atoms with E-state index in [4.69, 9.17) is 35.8 Å². The number of nitrogens with two attached hydrogens (primary N) is 2. The molecule has 0 saturated heterocycles. The molecule has 1 unspecified atom stereocenters. The predicted octanol–water partition coefficient (Wildman–Crippen LogP) is 2.35. The summed E-state index contributed by atoms with van der Waals surface area (Å²) in [6.45, 7) is 5.41. The molecule has 0 aromatic heterocycles. The Bertz CT molecular complexity index is 978. The number of nitrogens with one attached hydrogen (secondary N) is 2. The number of amidine groups is 1. The van der Waals surface area contributed by atoms with Crippen LogP contribution in [0.25, 0.3) is 0 Å². The van der Waals surface area contributed by atoms with E-state index in [-0.39, 0.29) is 19.0 Å². The number of anilines is 1. The molecule has 6 N–H and O–H groups in total. The number of rotatable bonds is 13. The largest absolute Gasteiger partial charge is 0.490 e. The molecule has 178 valence electrons. The van der Waals surface area contributed by atoms with Gasteiger partial charge in [-0.25, -0.2) is 0 Å². The van der Waals surface area contributed by atoms with Crippen LogP contribution in [0, 0.1) is 5.41 Å². The summed E-state index contributed by atoms with van der Waals surface area (Å²) in [5.41, 5.74) is 12.6. The standard InChI is InChI=1S/C23H30N4O6/c1-4-30-20-10-17(19(33-13-22(24)29)11-21(20)31-5-2)18(12-32-14(3)28)27-16-8-6-15(7-9-16)23(25)26/h6-11,18,27H,4-5,12-13H2,1-3H3,(H2,24,29)(H3,25,26). The summed E-state index contributed by atoms with van der Waals surface area (Å²) in [5.74, 6) is 0.0992. The summed E-state index contributed by atoms with van der Waals surface area (Å²) in [5, 5.41) is 10.8. The van der Waals surface area contributed by atoms with Crippen LogP contribution in [0.15, 0.2) is 36.4 Å². The molecule has 0 aliphatic carbocycles. The first kappa shape index (κ1) is 25.3. The zero-order chi connectivity index (χ0) is 24.4. The second-order valence-electron chi connectivity index (χ2n) is 6.95. The zero-order valence-corrected chi connectivity index (χ0v) is 19.0. The van der Waals surface area contributed by atoms with Gasteiger partial charge in [-0.1, -0.05) is 0 Å². The molecule has 0 spiro atoms. The molecule has 2 rings (SSSR count). The maximum atomic E-state index is 11.5. The fraction of sp³-hybridized carbons (Fsp3) is 0.348. The maximum absolute atomic E-state index is 11.5. The van der Waals surface area contributed by atoms with E-state index in [0.29, 0.717) is 47.3 Å². The monoisotopic (exact) mass is 458 g/mol. The van der Waals surface area contributed by atoms with Gasteiger partial charge in [0, 0.05) is 29.8 Å². The van der Waals surface area contributed by atoms with Gasteiger partial charge in [0.1, 0.15) is 18.2 Å².